The summed E-state index contributed by atoms with van der Waals surface area (Å²) in [4.78, 5) is 12.3. The summed E-state index contributed by atoms with van der Waals surface area (Å²) >= 11 is 1.28. The van der Waals surface area contributed by atoms with Crippen LogP contribution in [0, 0.1) is 5.82 Å². The van der Waals surface area contributed by atoms with Crippen LogP contribution >= 0.6 is 11.8 Å². The largest absolute Gasteiger partial charge is 0.298 e. The minimum atomic E-state index is -0.364. The van der Waals surface area contributed by atoms with E-state index in [0.29, 0.717) is 28.7 Å². The highest BCUT2D eigenvalue weighted by molar-refractivity contribution is 7.99. The van der Waals surface area contributed by atoms with Crippen LogP contribution in [0.25, 0.3) is 11.4 Å². The summed E-state index contributed by atoms with van der Waals surface area (Å²) in [5, 5.41) is 8.79. The van der Waals surface area contributed by atoms with Crippen molar-refractivity contribution in [1.82, 2.24) is 14.8 Å². The zero-order valence-corrected chi connectivity index (χ0v) is 14.2. The van der Waals surface area contributed by atoms with Gasteiger partial charge in [0, 0.05) is 12.1 Å². The quantitative estimate of drug-likeness (QED) is 0.362. The maximum Gasteiger partial charge on any atom is 0.192 e. The number of Topliss-reactive ketones (excluding diaryl/α,β-unsaturated/α-hetero) is 1. The molecule has 2 aromatic carbocycles. The van der Waals surface area contributed by atoms with Crippen LogP contribution in [0.5, 0.6) is 0 Å². The molecule has 1 aromatic heterocycles. The maximum atomic E-state index is 14.1. The van der Waals surface area contributed by atoms with Gasteiger partial charge in [0.15, 0.2) is 16.8 Å². The molecule has 0 N–H and O–H groups in total. The van der Waals surface area contributed by atoms with Crippen molar-refractivity contribution in [2.24, 2.45) is 0 Å². The first-order valence-corrected chi connectivity index (χ1v) is 8.69. The predicted molar refractivity (Wildman–Crippen MR) is 97.1 cm³/mol. The second-order valence-corrected chi connectivity index (χ2v) is 6.21. The van der Waals surface area contributed by atoms with Gasteiger partial charge in [0.1, 0.15) is 5.82 Å². The molecule has 126 valence electrons. The average molecular weight is 353 g/mol. The van der Waals surface area contributed by atoms with Crippen molar-refractivity contribution in [2.45, 2.75) is 11.7 Å². The highest BCUT2D eigenvalue weighted by atomic mass is 32.2. The van der Waals surface area contributed by atoms with Crippen molar-refractivity contribution in [3.8, 4) is 11.4 Å². The number of thioether (sulfide) groups is 1. The van der Waals surface area contributed by atoms with Crippen LogP contribution in [0.2, 0.25) is 0 Å². The van der Waals surface area contributed by atoms with Gasteiger partial charge in [0.25, 0.3) is 0 Å². The number of aromatic nitrogens is 3. The van der Waals surface area contributed by atoms with E-state index in [1.165, 1.54) is 17.8 Å². The van der Waals surface area contributed by atoms with E-state index in [2.05, 4.69) is 16.8 Å². The number of halogens is 1. The summed E-state index contributed by atoms with van der Waals surface area (Å²) in [6, 6.07) is 15.5. The minimum Gasteiger partial charge on any atom is -0.298 e. The Bertz CT molecular complexity index is 893. The fraction of sp³-hybridized carbons (Fsp3) is 0.105. The lowest BCUT2D eigenvalue weighted by molar-refractivity contribution is 0.102. The van der Waals surface area contributed by atoms with E-state index in [1.807, 2.05) is 18.2 Å². The van der Waals surface area contributed by atoms with E-state index < -0.39 is 0 Å². The molecule has 3 rings (SSSR count). The van der Waals surface area contributed by atoms with E-state index in [4.69, 9.17) is 0 Å². The first-order valence-electron chi connectivity index (χ1n) is 7.70. The number of hydrogen-bond donors (Lipinski definition) is 0. The summed E-state index contributed by atoms with van der Waals surface area (Å²) in [5.41, 5.74) is 1.03. The number of benzene rings is 2. The average Bonchev–Trinajstić information content (AvgIpc) is 3.04. The van der Waals surface area contributed by atoms with Crippen molar-refractivity contribution in [1.29, 1.82) is 0 Å². The summed E-state index contributed by atoms with van der Waals surface area (Å²) in [5.74, 6) is 0.298. The molecule has 0 aliphatic heterocycles. The zero-order chi connectivity index (χ0) is 17.6. The number of carbonyl (C=O) groups is 1. The van der Waals surface area contributed by atoms with Gasteiger partial charge >= 0.3 is 0 Å². The summed E-state index contributed by atoms with van der Waals surface area (Å²) in [6.07, 6.45) is 1.69. The molecule has 0 aliphatic rings. The molecule has 0 bridgehead atoms. The van der Waals surface area contributed by atoms with Gasteiger partial charge in [0.05, 0.1) is 11.3 Å². The van der Waals surface area contributed by atoms with Gasteiger partial charge in [-0.15, -0.1) is 16.8 Å². The Morgan fingerprint density at radius 2 is 1.84 bits per heavy atom. The topological polar surface area (TPSA) is 47.8 Å². The Labute approximate surface area is 149 Å². The van der Waals surface area contributed by atoms with Crippen LogP contribution in [0.4, 0.5) is 4.39 Å². The third kappa shape index (κ3) is 3.85. The molecule has 0 spiro atoms. The molecule has 0 atom stereocenters. The fourth-order valence-corrected chi connectivity index (χ4v) is 3.21. The molecule has 3 aromatic rings. The zero-order valence-electron chi connectivity index (χ0n) is 13.4. The molecular weight excluding hydrogens is 337 g/mol. The fourth-order valence-electron chi connectivity index (χ4n) is 2.37. The van der Waals surface area contributed by atoms with E-state index in [0.717, 1.165) is 0 Å². The molecule has 0 aliphatic carbocycles. The Kier molecular flexibility index (Phi) is 5.40. The lowest BCUT2D eigenvalue weighted by Gasteiger charge is -2.08. The van der Waals surface area contributed by atoms with Gasteiger partial charge in [0.2, 0.25) is 0 Å². The molecule has 6 heteroatoms. The standard InChI is InChI=1S/C19H16FN3OS/c1-2-12-23-18(15-10-6-7-11-16(15)20)21-22-19(23)25-13-17(24)14-8-4-3-5-9-14/h2-11H,1,12-13H2. The number of ketones is 1. The lowest BCUT2D eigenvalue weighted by atomic mass is 10.2. The molecule has 0 radical (unpaired) electrons. The highest BCUT2D eigenvalue weighted by Crippen LogP contribution is 2.26. The van der Waals surface area contributed by atoms with E-state index in [-0.39, 0.29) is 17.4 Å². The number of hydrogen-bond acceptors (Lipinski definition) is 4. The van der Waals surface area contributed by atoms with Crippen LogP contribution < -0.4 is 0 Å². The van der Waals surface area contributed by atoms with Gasteiger partial charge < -0.3 is 0 Å². The number of nitrogens with zero attached hydrogens (tertiary/aromatic N) is 3. The van der Waals surface area contributed by atoms with Gasteiger partial charge in [-0.25, -0.2) is 4.39 Å². The van der Waals surface area contributed by atoms with Crippen molar-refractivity contribution >= 4 is 17.5 Å². The molecule has 0 amide bonds. The summed E-state index contributed by atoms with van der Waals surface area (Å²) in [6.45, 7) is 4.16. The van der Waals surface area contributed by atoms with Gasteiger partial charge in [-0.05, 0) is 12.1 Å². The summed E-state index contributed by atoms with van der Waals surface area (Å²) in [7, 11) is 0. The predicted octanol–water partition coefficient (Wildman–Crippen LogP) is 4.25. The molecule has 0 saturated heterocycles. The van der Waals surface area contributed by atoms with Crippen molar-refractivity contribution in [3.63, 3.8) is 0 Å². The smallest absolute Gasteiger partial charge is 0.192 e. The first-order chi connectivity index (χ1) is 12.2. The van der Waals surface area contributed by atoms with Gasteiger partial charge in [-0.2, -0.15) is 0 Å². The van der Waals surface area contributed by atoms with Crippen LogP contribution in [0.15, 0.2) is 72.4 Å². The van der Waals surface area contributed by atoms with E-state index in [1.54, 1.807) is 41.0 Å². The summed E-state index contributed by atoms with van der Waals surface area (Å²) < 4.78 is 15.8. The Morgan fingerprint density at radius 3 is 2.56 bits per heavy atom. The minimum absolute atomic E-state index is 0.00574. The maximum absolute atomic E-state index is 14.1. The SMILES string of the molecule is C=CCn1c(SCC(=O)c2ccccc2)nnc1-c1ccccc1F. The first kappa shape index (κ1) is 17.1. The van der Waals surface area contributed by atoms with Gasteiger partial charge in [-0.1, -0.05) is 60.3 Å². The Balaban J connectivity index is 1.84. The normalized spacial score (nSPS) is 10.6. The second kappa shape index (κ2) is 7.90. The van der Waals surface area contributed by atoms with Crippen molar-refractivity contribution in [2.75, 3.05) is 5.75 Å². The van der Waals surface area contributed by atoms with Crippen molar-refractivity contribution < 1.29 is 9.18 Å². The van der Waals surface area contributed by atoms with Gasteiger partial charge in [-0.3, -0.25) is 9.36 Å². The highest BCUT2D eigenvalue weighted by Gasteiger charge is 2.17. The van der Waals surface area contributed by atoms with Crippen LogP contribution in [-0.4, -0.2) is 26.3 Å². The van der Waals surface area contributed by atoms with E-state index in [9.17, 15) is 9.18 Å². The Hall–Kier alpha value is -2.73. The van der Waals surface area contributed by atoms with Crippen LogP contribution in [0.3, 0.4) is 0 Å². The molecule has 25 heavy (non-hydrogen) atoms. The molecule has 0 saturated carbocycles. The monoisotopic (exact) mass is 353 g/mol. The van der Waals surface area contributed by atoms with Crippen LogP contribution in [-0.2, 0) is 6.54 Å². The molecule has 0 unspecified atom stereocenters. The number of rotatable bonds is 7. The molecule has 0 fully saturated rings. The lowest BCUT2D eigenvalue weighted by Crippen LogP contribution is -2.05. The Morgan fingerprint density at radius 1 is 1.12 bits per heavy atom. The number of carbonyl (C=O) groups excluding carboxylic acids is 1. The third-order valence-electron chi connectivity index (χ3n) is 3.57. The van der Waals surface area contributed by atoms with Crippen LogP contribution in [0.1, 0.15) is 10.4 Å². The third-order valence-corrected chi connectivity index (χ3v) is 4.54. The molecule has 1 heterocycles. The van der Waals surface area contributed by atoms with E-state index >= 15 is 0 Å². The van der Waals surface area contributed by atoms with Crippen molar-refractivity contribution in [3.05, 3.63) is 78.6 Å². The second-order valence-electron chi connectivity index (χ2n) is 5.26. The molecular formula is C19H16FN3OS. The number of allylic oxidation sites excluding steroid dienone is 1. The molecule has 4 nitrogen and oxygen atoms in total.